The Morgan fingerprint density at radius 1 is 1.09 bits per heavy atom. The highest BCUT2D eigenvalue weighted by Gasteiger charge is 2.21. The van der Waals surface area contributed by atoms with Crippen LogP contribution in [0.25, 0.3) is 0 Å². The van der Waals surface area contributed by atoms with Gasteiger partial charge >= 0.3 is 0 Å². The van der Waals surface area contributed by atoms with Crippen LogP contribution in [0.15, 0.2) is 53.4 Å². The molecule has 2 rings (SSSR count). The Balaban J connectivity index is 2.08. The Morgan fingerprint density at radius 3 is 2.35 bits per heavy atom. The Labute approximate surface area is 138 Å². The minimum Gasteiger partial charge on any atom is -0.388 e. The minimum atomic E-state index is -3.60. The van der Waals surface area contributed by atoms with Crippen molar-refractivity contribution in [2.75, 3.05) is 0 Å². The van der Waals surface area contributed by atoms with Crippen LogP contribution >= 0.6 is 0 Å². The number of benzene rings is 2. The number of hydrogen-bond donors (Lipinski definition) is 2. The van der Waals surface area contributed by atoms with E-state index in [9.17, 15) is 13.5 Å². The van der Waals surface area contributed by atoms with Crippen molar-refractivity contribution in [1.29, 1.82) is 0 Å². The third-order valence-corrected chi connectivity index (χ3v) is 5.49. The molecule has 0 spiro atoms. The molecule has 0 saturated carbocycles. The van der Waals surface area contributed by atoms with E-state index >= 15 is 0 Å². The maximum Gasteiger partial charge on any atom is 0.241 e. The number of nitrogens with one attached hydrogen (secondary N) is 1. The second kappa shape index (κ2) is 7.25. The Kier molecular flexibility index (Phi) is 5.57. The van der Waals surface area contributed by atoms with Gasteiger partial charge in [0.05, 0.1) is 11.0 Å². The summed E-state index contributed by atoms with van der Waals surface area (Å²) < 4.78 is 27.6. The van der Waals surface area contributed by atoms with Crippen LogP contribution < -0.4 is 4.72 Å². The van der Waals surface area contributed by atoms with Crippen LogP contribution in [0.2, 0.25) is 0 Å². The van der Waals surface area contributed by atoms with Gasteiger partial charge in [0.1, 0.15) is 0 Å². The Hall–Kier alpha value is -1.69. The summed E-state index contributed by atoms with van der Waals surface area (Å²) in [7, 11) is -3.60. The van der Waals surface area contributed by atoms with Crippen molar-refractivity contribution in [3.63, 3.8) is 0 Å². The lowest BCUT2D eigenvalue weighted by Crippen LogP contribution is -2.34. The molecule has 0 saturated heterocycles. The van der Waals surface area contributed by atoms with E-state index in [1.807, 2.05) is 43.3 Å². The van der Waals surface area contributed by atoms with E-state index in [1.165, 1.54) is 0 Å². The number of sulfonamides is 1. The van der Waals surface area contributed by atoms with Crippen LogP contribution in [-0.2, 0) is 10.0 Å². The summed E-state index contributed by atoms with van der Waals surface area (Å²) in [4.78, 5) is 0.282. The van der Waals surface area contributed by atoms with Crippen LogP contribution in [0.4, 0.5) is 0 Å². The molecule has 124 valence electrons. The SMILES string of the molecule is Cc1ccc(S(=O)(=O)N[C@H](C)C[C@@H](O)c2ccccc2)c(C)c1. The van der Waals surface area contributed by atoms with Gasteiger partial charge in [0.25, 0.3) is 0 Å². The summed E-state index contributed by atoms with van der Waals surface area (Å²) in [6.45, 7) is 5.47. The van der Waals surface area contributed by atoms with Crippen LogP contribution in [0, 0.1) is 13.8 Å². The molecule has 23 heavy (non-hydrogen) atoms. The van der Waals surface area contributed by atoms with Gasteiger partial charge in [-0.2, -0.15) is 0 Å². The van der Waals surface area contributed by atoms with Gasteiger partial charge < -0.3 is 5.11 Å². The van der Waals surface area contributed by atoms with E-state index < -0.39 is 16.1 Å². The quantitative estimate of drug-likeness (QED) is 0.854. The lowest BCUT2D eigenvalue weighted by atomic mass is 10.0. The molecule has 0 aliphatic rings. The average Bonchev–Trinajstić information content (AvgIpc) is 2.46. The highest BCUT2D eigenvalue weighted by Crippen LogP contribution is 2.20. The molecule has 2 N–H and O–H groups in total. The Morgan fingerprint density at radius 2 is 1.74 bits per heavy atom. The predicted octanol–water partition coefficient (Wildman–Crippen LogP) is 3.09. The molecule has 2 aromatic rings. The first-order valence-corrected chi connectivity index (χ1v) is 9.10. The zero-order chi connectivity index (χ0) is 17.0. The zero-order valence-corrected chi connectivity index (χ0v) is 14.5. The third-order valence-electron chi connectivity index (χ3n) is 3.74. The lowest BCUT2D eigenvalue weighted by Gasteiger charge is -2.19. The molecule has 4 nitrogen and oxygen atoms in total. The molecule has 0 fully saturated rings. The van der Waals surface area contributed by atoms with Crippen LogP contribution in [0.1, 0.15) is 36.1 Å². The van der Waals surface area contributed by atoms with Crippen molar-refractivity contribution in [2.24, 2.45) is 0 Å². The van der Waals surface area contributed by atoms with Crippen molar-refractivity contribution < 1.29 is 13.5 Å². The maximum atomic E-state index is 12.5. The van der Waals surface area contributed by atoms with Crippen LogP contribution in [0.3, 0.4) is 0 Å². The molecular weight excluding hydrogens is 310 g/mol. The molecule has 0 radical (unpaired) electrons. The van der Waals surface area contributed by atoms with Crippen molar-refractivity contribution >= 4 is 10.0 Å². The van der Waals surface area contributed by atoms with Gasteiger partial charge in [-0.15, -0.1) is 0 Å². The number of rotatable bonds is 6. The first-order valence-electron chi connectivity index (χ1n) is 7.62. The van der Waals surface area contributed by atoms with Gasteiger partial charge in [0.15, 0.2) is 0 Å². The lowest BCUT2D eigenvalue weighted by molar-refractivity contribution is 0.158. The smallest absolute Gasteiger partial charge is 0.241 e. The summed E-state index contributed by atoms with van der Waals surface area (Å²) in [5, 5.41) is 10.2. The van der Waals surface area contributed by atoms with Crippen LogP contribution in [-0.4, -0.2) is 19.6 Å². The van der Waals surface area contributed by atoms with Crippen molar-refractivity contribution in [2.45, 2.75) is 44.2 Å². The van der Waals surface area contributed by atoms with Crippen LogP contribution in [0.5, 0.6) is 0 Å². The number of hydrogen-bond acceptors (Lipinski definition) is 3. The predicted molar refractivity (Wildman–Crippen MR) is 91.7 cm³/mol. The van der Waals surface area contributed by atoms with Crippen molar-refractivity contribution in [3.8, 4) is 0 Å². The molecular formula is C18H23NO3S. The minimum absolute atomic E-state index is 0.282. The fourth-order valence-corrected chi connectivity index (χ4v) is 4.11. The van der Waals surface area contributed by atoms with Gasteiger partial charge in [-0.3, -0.25) is 0 Å². The van der Waals surface area contributed by atoms with Gasteiger partial charge in [0, 0.05) is 6.04 Å². The second-order valence-electron chi connectivity index (χ2n) is 5.95. The van der Waals surface area contributed by atoms with Gasteiger partial charge in [0.2, 0.25) is 10.0 Å². The standard InChI is InChI=1S/C18H23NO3S/c1-13-9-10-18(14(2)11-13)23(21,22)19-15(3)12-17(20)16-7-5-4-6-8-16/h4-11,15,17,19-20H,12H2,1-3H3/t15-,17-/m1/s1. The van der Waals surface area contributed by atoms with Gasteiger partial charge in [-0.1, -0.05) is 48.0 Å². The first-order chi connectivity index (χ1) is 10.8. The summed E-state index contributed by atoms with van der Waals surface area (Å²) >= 11 is 0. The van der Waals surface area contributed by atoms with Crippen molar-refractivity contribution in [3.05, 3.63) is 65.2 Å². The summed E-state index contributed by atoms with van der Waals surface area (Å²) in [5.74, 6) is 0. The molecule has 0 aromatic heterocycles. The molecule has 0 aliphatic carbocycles. The maximum absolute atomic E-state index is 12.5. The van der Waals surface area contributed by atoms with E-state index in [2.05, 4.69) is 4.72 Å². The molecule has 2 aromatic carbocycles. The van der Waals surface area contributed by atoms with E-state index in [1.54, 1.807) is 26.0 Å². The number of aliphatic hydroxyl groups excluding tert-OH is 1. The summed E-state index contributed by atoms with van der Waals surface area (Å²) in [6.07, 6.45) is -0.387. The van der Waals surface area contributed by atoms with Gasteiger partial charge in [-0.05, 0) is 44.4 Å². The fraction of sp³-hybridized carbons (Fsp3) is 0.333. The van der Waals surface area contributed by atoms with E-state index in [4.69, 9.17) is 0 Å². The molecule has 0 amide bonds. The highest BCUT2D eigenvalue weighted by atomic mass is 32.2. The first kappa shape index (κ1) is 17.7. The topological polar surface area (TPSA) is 66.4 Å². The average molecular weight is 333 g/mol. The van der Waals surface area contributed by atoms with Crippen molar-refractivity contribution in [1.82, 2.24) is 4.72 Å². The third kappa shape index (κ3) is 4.64. The van der Waals surface area contributed by atoms with Gasteiger partial charge in [-0.25, -0.2) is 13.1 Å². The highest BCUT2D eigenvalue weighted by molar-refractivity contribution is 7.89. The zero-order valence-electron chi connectivity index (χ0n) is 13.7. The van der Waals surface area contributed by atoms with E-state index in [0.29, 0.717) is 12.0 Å². The number of aliphatic hydroxyl groups is 1. The summed E-state index contributed by atoms with van der Waals surface area (Å²) in [6, 6.07) is 14.1. The van der Waals surface area contributed by atoms with E-state index in [-0.39, 0.29) is 10.9 Å². The second-order valence-corrected chi connectivity index (χ2v) is 7.64. The normalized spacial score (nSPS) is 14.4. The molecule has 0 bridgehead atoms. The fourth-order valence-electron chi connectivity index (χ4n) is 2.62. The molecule has 0 aliphatic heterocycles. The Bertz CT molecular complexity index is 757. The van der Waals surface area contributed by atoms with E-state index in [0.717, 1.165) is 11.1 Å². The monoisotopic (exact) mass is 333 g/mol. The summed E-state index contributed by atoms with van der Waals surface area (Å²) in [5.41, 5.74) is 2.52. The molecule has 5 heteroatoms. The molecule has 0 heterocycles. The largest absolute Gasteiger partial charge is 0.388 e. The molecule has 0 unspecified atom stereocenters. The number of aryl methyl sites for hydroxylation is 2. The molecule has 2 atom stereocenters.